The van der Waals surface area contributed by atoms with Crippen LogP contribution in [0.2, 0.25) is 0 Å². The number of hydrogen-bond acceptors (Lipinski definition) is 15. The Morgan fingerprint density at radius 1 is 1.13 bits per heavy atom. The first-order chi connectivity index (χ1) is 21.8. The second kappa shape index (κ2) is 13.4. The van der Waals surface area contributed by atoms with Gasteiger partial charge in [-0.1, -0.05) is 6.08 Å². The first-order valence-electron chi connectivity index (χ1n) is 15.1. The van der Waals surface area contributed by atoms with Crippen molar-refractivity contribution in [3.63, 3.8) is 0 Å². The number of nitrogens with zero attached hydrogens (tertiary/aromatic N) is 5. The summed E-state index contributed by atoms with van der Waals surface area (Å²) in [5.41, 5.74) is -3.35. The molecule has 0 bridgehead atoms. The average molecular weight is 650 g/mol. The van der Waals surface area contributed by atoms with E-state index >= 15 is 0 Å². The van der Waals surface area contributed by atoms with E-state index in [0.29, 0.717) is 32.7 Å². The molecule has 17 heteroatoms. The zero-order chi connectivity index (χ0) is 33.2. The van der Waals surface area contributed by atoms with Crippen LogP contribution in [0.3, 0.4) is 0 Å². The van der Waals surface area contributed by atoms with E-state index in [1.807, 2.05) is 6.08 Å². The van der Waals surface area contributed by atoms with Gasteiger partial charge < -0.3 is 33.6 Å². The number of cyclic esters (lactones) is 2. The molecule has 252 valence electrons. The van der Waals surface area contributed by atoms with Crippen LogP contribution < -0.4 is 0 Å². The van der Waals surface area contributed by atoms with E-state index in [0.717, 1.165) is 38.7 Å². The standard InChI is InChI=1S/C16H23NO6.C13H16N4O6/c1-9-13(18)23-11-5-7-17-6-4-10(12(11)17)8-22-14(19)16(3,21)15(9,2)20;18-13-16(14-7-10-1-2-12(22-10)17(19)20)9-11(23-13)8-15-3-5-21-6-4-15/h4,9,11-12,20-21H,5-8H2,1-3H3;1-2,7,11H,3-6,8-9H2/b;14-7+/t9-,11+,12+,15+,16-;/m0./s1. The second-order valence-corrected chi connectivity index (χ2v) is 12.2. The number of furan rings is 1. The fraction of sp³-hybridized carbons (Fsp3) is 0.655. The Morgan fingerprint density at radius 3 is 2.57 bits per heavy atom. The van der Waals surface area contributed by atoms with Gasteiger partial charge in [0, 0.05) is 32.7 Å². The van der Waals surface area contributed by atoms with Crippen molar-refractivity contribution in [2.24, 2.45) is 11.0 Å². The summed E-state index contributed by atoms with van der Waals surface area (Å²) in [4.78, 5) is 50.7. The lowest BCUT2D eigenvalue weighted by Gasteiger charge is -2.39. The van der Waals surface area contributed by atoms with Crippen LogP contribution in [0.15, 0.2) is 33.3 Å². The van der Waals surface area contributed by atoms with E-state index in [-0.39, 0.29) is 36.5 Å². The Hall–Kier alpha value is -3.90. The molecule has 0 spiro atoms. The monoisotopic (exact) mass is 649 g/mol. The third kappa shape index (κ3) is 6.92. The summed E-state index contributed by atoms with van der Waals surface area (Å²) >= 11 is 0. The lowest BCUT2D eigenvalue weighted by atomic mass is 9.76. The molecule has 1 aromatic heterocycles. The van der Waals surface area contributed by atoms with Crippen molar-refractivity contribution in [1.29, 1.82) is 0 Å². The van der Waals surface area contributed by atoms with Crippen LogP contribution in [-0.4, -0.2) is 143 Å². The third-order valence-electron chi connectivity index (χ3n) is 9.17. The van der Waals surface area contributed by atoms with E-state index in [4.69, 9.17) is 23.4 Å². The van der Waals surface area contributed by atoms with Crippen molar-refractivity contribution in [1.82, 2.24) is 14.8 Å². The molecule has 1 amide bonds. The average Bonchev–Trinajstić information content (AvgIpc) is 3.81. The second-order valence-electron chi connectivity index (χ2n) is 12.2. The number of aliphatic hydroxyl groups is 2. The molecule has 0 aromatic carbocycles. The van der Waals surface area contributed by atoms with Crippen LogP contribution in [-0.2, 0) is 28.5 Å². The smallest absolute Gasteiger partial charge is 0.433 e. The predicted molar refractivity (Wildman–Crippen MR) is 157 cm³/mol. The zero-order valence-corrected chi connectivity index (χ0v) is 25.9. The molecular weight excluding hydrogens is 610 g/mol. The summed E-state index contributed by atoms with van der Waals surface area (Å²) in [6.07, 6.45) is 2.80. The highest BCUT2D eigenvalue weighted by atomic mass is 16.6. The Labute approximate surface area is 264 Å². The Balaban J connectivity index is 0.000000181. The first kappa shape index (κ1) is 33.5. The van der Waals surface area contributed by atoms with Crippen LogP contribution in [0.5, 0.6) is 0 Å². The van der Waals surface area contributed by atoms with Crippen LogP contribution in [0.4, 0.5) is 10.7 Å². The number of carbonyl (C=O) groups excluding carboxylic acids is 3. The molecule has 6 rings (SSSR count). The minimum absolute atomic E-state index is 0.0225. The molecule has 4 saturated heterocycles. The minimum Gasteiger partial charge on any atom is -0.460 e. The molecule has 2 N–H and O–H groups in total. The highest BCUT2D eigenvalue weighted by Gasteiger charge is 2.56. The van der Waals surface area contributed by atoms with Gasteiger partial charge in [-0.15, -0.1) is 0 Å². The van der Waals surface area contributed by atoms with Crippen molar-refractivity contribution < 1.29 is 52.9 Å². The number of carbonyl (C=O) groups is 3. The molecule has 0 saturated carbocycles. The quantitative estimate of drug-likeness (QED) is 0.110. The van der Waals surface area contributed by atoms with E-state index in [2.05, 4.69) is 14.9 Å². The van der Waals surface area contributed by atoms with Crippen LogP contribution >= 0.6 is 0 Å². The van der Waals surface area contributed by atoms with E-state index in [9.17, 15) is 34.7 Å². The molecule has 17 nitrogen and oxygen atoms in total. The van der Waals surface area contributed by atoms with Gasteiger partial charge in [-0.3, -0.25) is 24.7 Å². The summed E-state index contributed by atoms with van der Waals surface area (Å²) < 4.78 is 26.3. The topological polar surface area (TPSA) is 207 Å². The normalized spacial score (nSPS) is 33.8. The van der Waals surface area contributed by atoms with E-state index in [1.54, 1.807) is 0 Å². The van der Waals surface area contributed by atoms with Crippen LogP contribution in [0.1, 0.15) is 33.0 Å². The number of hydrogen-bond donors (Lipinski definition) is 2. The maximum atomic E-state index is 12.4. The minimum atomic E-state index is -2.22. The van der Waals surface area contributed by atoms with Gasteiger partial charge in [0.1, 0.15) is 29.3 Å². The lowest BCUT2D eigenvalue weighted by molar-refractivity contribution is -0.402. The van der Waals surface area contributed by atoms with Gasteiger partial charge in [0.15, 0.2) is 11.4 Å². The predicted octanol–water partition coefficient (Wildman–Crippen LogP) is 0.282. The molecule has 6 atom stereocenters. The van der Waals surface area contributed by atoms with Crippen LogP contribution in [0.25, 0.3) is 0 Å². The molecule has 0 aliphatic carbocycles. The van der Waals surface area contributed by atoms with Gasteiger partial charge in [-0.05, 0) is 38.8 Å². The molecule has 1 aromatic rings. The molecule has 46 heavy (non-hydrogen) atoms. The molecule has 1 unspecified atom stereocenters. The van der Waals surface area contributed by atoms with Crippen molar-refractivity contribution in [3.05, 3.63) is 39.7 Å². The molecule has 0 radical (unpaired) electrons. The van der Waals surface area contributed by atoms with Gasteiger partial charge in [-0.2, -0.15) is 10.1 Å². The maximum Gasteiger partial charge on any atom is 0.433 e. The van der Waals surface area contributed by atoms with Crippen molar-refractivity contribution in [2.45, 2.75) is 56.6 Å². The number of nitro groups is 1. The van der Waals surface area contributed by atoms with E-state index in [1.165, 1.54) is 37.2 Å². The highest BCUT2D eigenvalue weighted by Crippen LogP contribution is 2.37. The molecule has 4 fully saturated rings. The van der Waals surface area contributed by atoms with Gasteiger partial charge in [0.05, 0.1) is 44.0 Å². The third-order valence-corrected chi connectivity index (χ3v) is 9.17. The summed E-state index contributed by atoms with van der Waals surface area (Å²) in [6.45, 7) is 9.36. The Morgan fingerprint density at radius 2 is 1.87 bits per heavy atom. The Kier molecular flexibility index (Phi) is 9.78. The van der Waals surface area contributed by atoms with Crippen molar-refractivity contribution in [3.8, 4) is 0 Å². The molecule has 6 heterocycles. The fourth-order valence-corrected chi connectivity index (χ4v) is 5.93. The number of morpholine rings is 1. The molecule has 5 aliphatic heterocycles. The maximum absolute atomic E-state index is 12.4. The van der Waals surface area contributed by atoms with Gasteiger partial charge in [-0.25, -0.2) is 9.59 Å². The number of ether oxygens (including phenoxy) is 4. The number of amides is 1. The number of rotatable bonds is 5. The SMILES string of the molecule is C[C@H]1C(=O)O[C@@H]2CCN3CC=C(COC(=O)[C@](C)(O)[C@]1(C)O)[C@H]23.O=C1OC(CN2CCOCC2)CN1/N=C/c1ccc([N+](=O)[O-])o1. The summed E-state index contributed by atoms with van der Waals surface area (Å²) in [5.74, 6) is -2.83. The highest BCUT2D eigenvalue weighted by molar-refractivity contribution is 5.83. The van der Waals surface area contributed by atoms with Gasteiger partial charge in [0.25, 0.3) is 0 Å². The van der Waals surface area contributed by atoms with E-state index < -0.39 is 40.1 Å². The first-order valence-corrected chi connectivity index (χ1v) is 15.1. The fourth-order valence-electron chi connectivity index (χ4n) is 5.93. The molecular formula is C29H39N5O12. The summed E-state index contributed by atoms with van der Waals surface area (Å²) in [5, 5.41) is 36.8. The largest absolute Gasteiger partial charge is 0.460 e. The van der Waals surface area contributed by atoms with Crippen LogP contribution in [0, 0.1) is 16.0 Å². The summed E-state index contributed by atoms with van der Waals surface area (Å²) in [7, 11) is 0. The van der Waals surface area contributed by atoms with Crippen molar-refractivity contribution in [2.75, 3.05) is 59.1 Å². The lowest BCUT2D eigenvalue weighted by Crippen LogP contribution is -2.61. The van der Waals surface area contributed by atoms with Gasteiger partial charge >= 0.3 is 23.9 Å². The Bertz CT molecular complexity index is 1380. The van der Waals surface area contributed by atoms with Crippen molar-refractivity contribution >= 4 is 30.1 Å². The van der Waals surface area contributed by atoms with Gasteiger partial charge in [0.2, 0.25) is 0 Å². The molecule has 5 aliphatic rings. The number of hydrazone groups is 1. The summed E-state index contributed by atoms with van der Waals surface area (Å²) in [6, 6.07) is 2.55. The zero-order valence-electron chi connectivity index (χ0n) is 25.9. The number of esters is 2.